The van der Waals surface area contributed by atoms with Gasteiger partial charge in [0.2, 0.25) is 0 Å². The lowest BCUT2D eigenvalue weighted by Crippen LogP contribution is -2.14. The second kappa shape index (κ2) is 5.27. The predicted molar refractivity (Wildman–Crippen MR) is 76.1 cm³/mol. The number of halogens is 1. The molecule has 0 aliphatic rings. The van der Waals surface area contributed by atoms with Gasteiger partial charge in [0, 0.05) is 15.5 Å². The zero-order valence-corrected chi connectivity index (χ0v) is 11.4. The van der Waals surface area contributed by atoms with Crippen molar-refractivity contribution in [3.8, 4) is 0 Å². The summed E-state index contributed by atoms with van der Waals surface area (Å²) >= 11 is 2.19. The standard InChI is InChI=1S/C13H11IN2O/c1-9-10(5-4-8-15-9)13(17)16-12-7-3-2-6-11(12)14/h2-8H,1H3,(H,16,17). The van der Waals surface area contributed by atoms with E-state index in [1.807, 2.05) is 31.2 Å². The van der Waals surface area contributed by atoms with Crippen LogP contribution in [0.15, 0.2) is 42.6 Å². The summed E-state index contributed by atoms with van der Waals surface area (Å²) in [5.41, 5.74) is 2.16. The van der Waals surface area contributed by atoms with Crippen LogP contribution < -0.4 is 5.32 Å². The SMILES string of the molecule is Cc1ncccc1C(=O)Nc1ccccc1I. The lowest BCUT2D eigenvalue weighted by Gasteiger charge is -2.08. The van der Waals surface area contributed by atoms with Crippen LogP contribution in [-0.2, 0) is 0 Å². The number of benzene rings is 1. The maximum absolute atomic E-state index is 12.0. The number of nitrogens with zero attached hydrogens (tertiary/aromatic N) is 1. The lowest BCUT2D eigenvalue weighted by molar-refractivity contribution is 0.102. The Morgan fingerprint density at radius 3 is 2.71 bits per heavy atom. The molecule has 0 aliphatic heterocycles. The van der Waals surface area contributed by atoms with Gasteiger partial charge in [-0.05, 0) is 53.8 Å². The molecule has 1 aromatic carbocycles. The molecule has 0 radical (unpaired) electrons. The van der Waals surface area contributed by atoms with E-state index in [1.54, 1.807) is 18.3 Å². The maximum atomic E-state index is 12.0. The van der Waals surface area contributed by atoms with Crippen LogP contribution >= 0.6 is 22.6 Å². The molecule has 0 fully saturated rings. The highest BCUT2D eigenvalue weighted by Crippen LogP contribution is 2.18. The Labute approximate surface area is 113 Å². The zero-order valence-electron chi connectivity index (χ0n) is 9.27. The first-order valence-electron chi connectivity index (χ1n) is 5.16. The van der Waals surface area contributed by atoms with Crippen molar-refractivity contribution in [2.45, 2.75) is 6.92 Å². The molecular weight excluding hydrogens is 327 g/mol. The molecule has 3 nitrogen and oxygen atoms in total. The van der Waals surface area contributed by atoms with Gasteiger partial charge in [0.1, 0.15) is 0 Å². The fourth-order valence-corrected chi connectivity index (χ4v) is 2.00. The Balaban J connectivity index is 2.24. The molecule has 4 heteroatoms. The van der Waals surface area contributed by atoms with Gasteiger partial charge in [-0.15, -0.1) is 0 Å². The van der Waals surface area contributed by atoms with Gasteiger partial charge in [0.25, 0.3) is 5.91 Å². The van der Waals surface area contributed by atoms with Crippen LogP contribution in [0.3, 0.4) is 0 Å². The molecule has 0 bridgehead atoms. The molecule has 0 atom stereocenters. The van der Waals surface area contributed by atoms with Crippen molar-refractivity contribution in [1.82, 2.24) is 4.98 Å². The number of aromatic nitrogens is 1. The van der Waals surface area contributed by atoms with Crippen LogP contribution in [0.2, 0.25) is 0 Å². The van der Waals surface area contributed by atoms with E-state index in [0.29, 0.717) is 5.56 Å². The van der Waals surface area contributed by atoms with Gasteiger partial charge in [0.05, 0.1) is 11.3 Å². The number of hydrogen-bond acceptors (Lipinski definition) is 2. The van der Waals surface area contributed by atoms with Crippen molar-refractivity contribution in [3.05, 3.63) is 57.4 Å². The maximum Gasteiger partial charge on any atom is 0.257 e. The van der Waals surface area contributed by atoms with Crippen LogP contribution in [-0.4, -0.2) is 10.9 Å². The van der Waals surface area contributed by atoms with Gasteiger partial charge in [-0.2, -0.15) is 0 Å². The van der Waals surface area contributed by atoms with Gasteiger partial charge in [0.15, 0.2) is 0 Å². The molecule has 2 rings (SSSR count). The van der Waals surface area contributed by atoms with E-state index in [9.17, 15) is 4.79 Å². The minimum Gasteiger partial charge on any atom is -0.321 e. The molecule has 0 spiro atoms. The largest absolute Gasteiger partial charge is 0.321 e. The van der Waals surface area contributed by atoms with Gasteiger partial charge < -0.3 is 5.32 Å². The summed E-state index contributed by atoms with van der Waals surface area (Å²) in [6.07, 6.45) is 1.68. The van der Waals surface area contributed by atoms with E-state index in [1.165, 1.54) is 0 Å². The zero-order chi connectivity index (χ0) is 12.3. The highest BCUT2D eigenvalue weighted by molar-refractivity contribution is 14.1. The van der Waals surface area contributed by atoms with Crippen molar-refractivity contribution in [1.29, 1.82) is 0 Å². The quantitative estimate of drug-likeness (QED) is 0.854. The van der Waals surface area contributed by atoms with Gasteiger partial charge in [-0.3, -0.25) is 9.78 Å². The van der Waals surface area contributed by atoms with Gasteiger partial charge >= 0.3 is 0 Å². The first-order chi connectivity index (χ1) is 8.18. The number of pyridine rings is 1. The van der Waals surface area contributed by atoms with E-state index < -0.39 is 0 Å². The first-order valence-corrected chi connectivity index (χ1v) is 6.24. The minimum absolute atomic E-state index is 0.125. The summed E-state index contributed by atoms with van der Waals surface area (Å²) in [6.45, 7) is 1.82. The molecule has 17 heavy (non-hydrogen) atoms. The summed E-state index contributed by atoms with van der Waals surface area (Å²) in [6, 6.07) is 11.2. The molecule has 0 unspecified atom stereocenters. The Morgan fingerprint density at radius 1 is 1.24 bits per heavy atom. The molecule has 1 N–H and O–H groups in total. The van der Waals surface area contributed by atoms with Crippen molar-refractivity contribution < 1.29 is 4.79 Å². The van der Waals surface area contributed by atoms with Gasteiger partial charge in [-0.25, -0.2) is 0 Å². The summed E-state index contributed by atoms with van der Waals surface area (Å²) in [5.74, 6) is -0.125. The van der Waals surface area contributed by atoms with Crippen molar-refractivity contribution in [2.75, 3.05) is 5.32 Å². The normalized spacial score (nSPS) is 10.0. The predicted octanol–water partition coefficient (Wildman–Crippen LogP) is 3.25. The first kappa shape index (κ1) is 12.0. The second-order valence-electron chi connectivity index (χ2n) is 3.57. The summed E-state index contributed by atoms with van der Waals surface area (Å²) in [4.78, 5) is 16.1. The molecule has 1 aromatic heterocycles. The van der Waals surface area contributed by atoms with Crippen LogP contribution in [0.4, 0.5) is 5.69 Å². The van der Waals surface area contributed by atoms with Crippen LogP contribution in [0.1, 0.15) is 16.1 Å². The molecule has 0 saturated heterocycles. The van der Waals surface area contributed by atoms with Crippen molar-refractivity contribution >= 4 is 34.2 Å². The van der Waals surface area contributed by atoms with Crippen molar-refractivity contribution in [2.24, 2.45) is 0 Å². The fourth-order valence-electron chi connectivity index (χ4n) is 1.48. The number of carbonyl (C=O) groups is 1. The lowest BCUT2D eigenvalue weighted by atomic mass is 10.2. The molecule has 0 saturated carbocycles. The molecule has 0 aliphatic carbocycles. The van der Waals surface area contributed by atoms with E-state index in [2.05, 4.69) is 32.9 Å². The van der Waals surface area contributed by atoms with E-state index in [4.69, 9.17) is 0 Å². The Kier molecular flexibility index (Phi) is 3.73. The third-order valence-electron chi connectivity index (χ3n) is 2.37. The molecule has 2 aromatic rings. The fraction of sp³-hybridized carbons (Fsp3) is 0.0769. The Morgan fingerprint density at radius 2 is 2.00 bits per heavy atom. The highest BCUT2D eigenvalue weighted by atomic mass is 127. The van der Waals surface area contributed by atoms with Crippen LogP contribution in [0, 0.1) is 10.5 Å². The minimum atomic E-state index is -0.125. The molecular formula is C13H11IN2O. The third-order valence-corrected chi connectivity index (χ3v) is 3.31. The monoisotopic (exact) mass is 338 g/mol. The van der Waals surface area contributed by atoms with E-state index in [-0.39, 0.29) is 5.91 Å². The molecule has 1 heterocycles. The Hall–Kier alpha value is -1.43. The highest BCUT2D eigenvalue weighted by Gasteiger charge is 2.10. The second-order valence-corrected chi connectivity index (χ2v) is 4.73. The number of nitrogens with one attached hydrogen (secondary N) is 1. The van der Waals surface area contributed by atoms with Crippen LogP contribution in [0.5, 0.6) is 0 Å². The third kappa shape index (κ3) is 2.82. The summed E-state index contributed by atoms with van der Waals surface area (Å²) in [5, 5.41) is 2.88. The number of rotatable bonds is 2. The molecule has 1 amide bonds. The number of amides is 1. The van der Waals surface area contributed by atoms with Gasteiger partial charge in [-0.1, -0.05) is 12.1 Å². The number of aryl methyl sites for hydroxylation is 1. The Bertz CT molecular complexity index is 555. The molecule has 86 valence electrons. The summed E-state index contributed by atoms with van der Waals surface area (Å²) in [7, 11) is 0. The van der Waals surface area contributed by atoms with E-state index >= 15 is 0 Å². The average molecular weight is 338 g/mol. The smallest absolute Gasteiger partial charge is 0.257 e. The number of carbonyl (C=O) groups excluding carboxylic acids is 1. The van der Waals surface area contributed by atoms with Crippen LogP contribution in [0.25, 0.3) is 0 Å². The van der Waals surface area contributed by atoms with E-state index in [0.717, 1.165) is 15.0 Å². The number of para-hydroxylation sites is 1. The summed E-state index contributed by atoms with van der Waals surface area (Å²) < 4.78 is 1.01. The number of hydrogen-bond donors (Lipinski definition) is 1. The average Bonchev–Trinajstić information content (AvgIpc) is 2.32. The topological polar surface area (TPSA) is 42.0 Å². The van der Waals surface area contributed by atoms with Crippen molar-refractivity contribution in [3.63, 3.8) is 0 Å². The number of anilines is 1.